The molecule has 5 fully saturated rings. The van der Waals surface area contributed by atoms with Gasteiger partial charge in [-0.05, 0) is 99.0 Å². The lowest BCUT2D eigenvalue weighted by Crippen LogP contribution is -2.53. The predicted molar refractivity (Wildman–Crippen MR) is 150 cm³/mol. The monoisotopic (exact) mass is 534 g/mol. The van der Waals surface area contributed by atoms with Gasteiger partial charge in [0, 0.05) is 30.2 Å². The van der Waals surface area contributed by atoms with Crippen LogP contribution in [0.3, 0.4) is 0 Å². The summed E-state index contributed by atoms with van der Waals surface area (Å²) >= 11 is 6.30. The van der Waals surface area contributed by atoms with Gasteiger partial charge in [0.25, 0.3) is 0 Å². The zero-order chi connectivity index (χ0) is 26.1. The van der Waals surface area contributed by atoms with E-state index in [9.17, 15) is 10.4 Å². The molecule has 2 aromatic rings. The second kappa shape index (κ2) is 11.0. The first-order chi connectivity index (χ1) is 18.5. The molecule has 5 atom stereocenters. The number of hydrogen-bond donors (Lipinski definition) is 4. The Labute approximate surface area is 230 Å². The van der Waals surface area contributed by atoms with E-state index in [1.54, 1.807) is 6.20 Å². The molecule has 1 heterocycles. The maximum Gasteiger partial charge on any atom is 0.224 e. The maximum absolute atomic E-state index is 9.94. The molecule has 5 aliphatic rings. The van der Waals surface area contributed by atoms with E-state index in [1.807, 2.05) is 24.3 Å². The highest BCUT2D eigenvalue weighted by atomic mass is 35.5. The van der Waals surface area contributed by atoms with Gasteiger partial charge in [-0.1, -0.05) is 29.8 Å². The number of nitrogens with zero attached hydrogens (tertiary/aromatic N) is 3. The molecule has 1 aromatic carbocycles. The fraction of sp³-hybridized carbons (Fsp3) is 0.633. The summed E-state index contributed by atoms with van der Waals surface area (Å²) in [6.45, 7) is 1.37. The van der Waals surface area contributed by atoms with Crippen LogP contribution < -0.4 is 16.0 Å². The average molecular weight is 535 g/mol. The molecule has 5 aliphatic carbocycles. The van der Waals surface area contributed by atoms with Crippen LogP contribution in [0.5, 0.6) is 0 Å². The molecule has 4 unspecified atom stereocenters. The molecular weight excluding hydrogens is 496 g/mol. The molecule has 8 heteroatoms. The summed E-state index contributed by atoms with van der Waals surface area (Å²) in [6.07, 6.45) is 13.3. The van der Waals surface area contributed by atoms with E-state index in [4.69, 9.17) is 16.6 Å². The third-order valence-corrected chi connectivity index (χ3v) is 10.2. The van der Waals surface area contributed by atoms with Crippen molar-refractivity contribution in [3.8, 4) is 6.07 Å². The zero-order valence-electron chi connectivity index (χ0n) is 22.0. The summed E-state index contributed by atoms with van der Waals surface area (Å²) in [7, 11) is 0. The summed E-state index contributed by atoms with van der Waals surface area (Å²) in [5.74, 6) is 3.41. The molecule has 0 amide bonds. The van der Waals surface area contributed by atoms with Gasteiger partial charge in [-0.15, -0.1) is 0 Å². The fourth-order valence-electron chi connectivity index (χ4n) is 8.04. The Kier molecular flexibility index (Phi) is 7.48. The van der Waals surface area contributed by atoms with Crippen molar-refractivity contribution in [2.75, 3.05) is 17.2 Å². The highest BCUT2D eigenvalue weighted by Crippen LogP contribution is 2.57. The van der Waals surface area contributed by atoms with Crippen molar-refractivity contribution in [1.29, 1.82) is 5.26 Å². The molecule has 1 aromatic heterocycles. The van der Waals surface area contributed by atoms with Gasteiger partial charge in [-0.2, -0.15) is 10.2 Å². The summed E-state index contributed by atoms with van der Waals surface area (Å²) < 4.78 is 0. The van der Waals surface area contributed by atoms with Crippen LogP contribution in [-0.2, 0) is 6.54 Å². The van der Waals surface area contributed by atoms with Crippen LogP contribution in [-0.4, -0.2) is 39.8 Å². The lowest BCUT2D eigenvalue weighted by atomic mass is 9.59. The summed E-state index contributed by atoms with van der Waals surface area (Å²) in [4.78, 5) is 9.06. The first-order valence-electron chi connectivity index (χ1n) is 14.4. The molecule has 7 nitrogen and oxygen atoms in total. The van der Waals surface area contributed by atoms with Crippen molar-refractivity contribution in [2.24, 2.45) is 23.2 Å². The van der Waals surface area contributed by atoms with Gasteiger partial charge < -0.3 is 21.1 Å². The largest absolute Gasteiger partial charge is 0.393 e. The maximum atomic E-state index is 9.94. The third-order valence-electron chi connectivity index (χ3n) is 9.81. The van der Waals surface area contributed by atoms with Crippen molar-refractivity contribution in [2.45, 2.75) is 88.9 Å². The van der Waals surface area contributed by atoms with Crippen LogP contribution >= 0.6 is 11.6 Å². The molecule has 0 aliphatic heterocycles. The van der Waals surface area contributed by atoms with Crippen molar-refractivity contribution < 1.29 is 5.11 Å². The highest BCUT2D eigenvalue weighted by Gasteiger charge is 2.52. The van der Waals surface area contributed by atoms with Crippen LogP contribution in [0.25, 0.3) is 0 Å². The summed E-state index contributed by atoms with van der Waals surface area (Å²) in [5, 5.41) is 31.4. The van der Waals surface area contributed by atoms with Gasteiger partial charge in [-0.25, -0.2) is 4.98 Å². The molecule has 0 radical (unpaired) electrons. The van der Waals surface area contributed by atoms with Crippen molar-refractivity contribution in [1.82, 2.24) is 15.3 Å². The molecule has 202 valence electrons. The van der Waals surface area contributed by atoms with Crippen LogP contribution in [0.4, 0.5) is 11.8 Å². The second-order valence-corrected chi connectivity index (χ2v) is 12.8. The van der Waals surface area contributed by atoms with E-state index in [2.05, 4.69) is 27.0 Å². The number of aromatic nitrogens is 2. The van der Waals surface area contributed by atoms with Crippen molar-refractivity contribution in [3.63, 3.8) is 0 Å². The summed E-state index contributed by atoms with van der Waals surface area (Å²) in [5.41, 5.74) is 1.72. The Balaban J connectivity index is 1.13. The Morgan fingerprint density at radius 2 is 1.87 bits per heavy atom. The van der Waals surface area contributed by atoms with Crippen molar-refractivity contribution >= 4 is 23.4 Å². The van der Waals surface area contributed by atoms with Crippen LogP contribution in [0.15, 0.2) is 30.5 Å². The van der Waals surface area contributed by atoms with E-state index < -0.39 is 0 Å². The molecule has 4 bridgehead atoms. The number of benzene rings is 1. The van der Waals surface area contributed by atoms with E-state index >= 15 is 0 Å². The molecule has 7 rings (SSSR count). The number of nitrogens with one attached hydrogen (secondary N) is 3. The Morgan fingerprint density at radius 3 is 2.68 bits per heavy atom. The minimum Gasteiger partial charge on any atom is -0.393 e. The second-order valence-electron chi connectivity index (χ2n) is 12.4. The molecule has 0 saturated heterocycles. The Morgan fingerprint density at radius 1 is 1.05 bits per heavy atom. The lowest BCUT2D eigenvalue weighted by molar-refractivity contribution is 0.0367. The lowest BCUT2D eigenvalue weighted by Gasteiger charge is -2.50. The standard InChI is InChI=1S/C30H39ClN6O/c31-26-4-2-1-3-21(26)16-33-29-34-17-23(15-32)28(37-29)35-18-30-10-9-20-11-19(13-30)12-22(14-30)27(20)36-24-5-7-25(38)8-6-24/h1-4,17,19-20,22,24-25,27,36,38H,5-14,16,18H2,(H2,33,34,35,37)/t19?,20?,22?,24?,25?,27-,30?/m1/s1. The molecule has 5 saturated carbocycles. The molecule has 38 heavy (non-hydrogen) atoms. The van der Waals surface area contributed by atoms with Gasteiger partial charge in [0.2, 0.25) is 5.95 Å². The van der Waals surface area contributed by atoms with Gasteiger partial charge >= 0.3 is 0 Å². The molecule has 4 N–H and O–H groups in total. The van der Waals surface area contributed by atoms with Gasteiger partial charge in [0.1, 0.15) is 17.5 Å². The number of rotatable bonds is 8. The molecular formula is C30H39ClN6O. The highest BCUT2D eigenvalue weighted by molar-refractivity contribution is 6.31. The van der Waals surface area contributed by atoms with Crippen LogP contribution in [0.2, 0.25) is 5.02 Å². The van der Waals surface area contributed by atoms with Crippen molar-refractivity contribution in [3.05, 3.63) is 46.6 Å². The number of nitriles is 1. The van der Waals surface area contributed by atoms with E-state index in [1.165, 1.54) is 38.5 Å². The normalized spacial score (nSPS) is 33.9. The van der Waals surface area contributed by atoms with Gasteiger partial charge in [0.05, 0.1) is 12.3 Å². The SMILES string of the molecule is N#Cc1cnc(NCc2ccccc2Cl)nc1NCC12CCC3CC(CC(C1)[C@@H]3NC1CCC(O)CC1)C2. The number of hydrogen-bond acceptors (Lipinski definition) is 7. The number of fused-ring (bicyclic) bond motifs is 1. The number of aliphatic hydroxyl groups is 1. The topological polar surface area (TPSA) is 106 Å². The smallest absolute Gasteiger partial charge is 0.224 e. The first kappa shape index (κ1) is 25.9. The first-order valence-corrected chi connectivity index (χ1v) is 14.8. The quantitative estimate of drug-likeness (QED) is 0.354. The van der Waals surface area contributed by atoms with E-state index in [0.717, 1.165) is 55.5 Å². The summed E-state index contributed by atoms with van der Waals surface area (Å²) in [6, 6.07) is 11.2. The predicted octanol–water partition coefficient (Wildman–Crippen LogP) is 5.50. The number of anilines is 2. The third kappa shape index (κ3) is 5.50. The average Bonchev–Trinajstić information content (AvgIpc) is 3.12. The Hall–Kier alpha value is -2.40. The van der Waals surface area contributed by atoms with Crippen LogP contribution in [0, 0.1) is 34.5 Å². The Bertz CT molecular complexity index is 1180. The van der Waals surface area contributed by atoms with E-state index in [0.29, 0.717) is 41.0 Å². The van der Waals surface area contributed by atoms with Gasteiger partial charge in [-0.3, -0.25) is 0 Å². The molecule has 0 spiro atoms. The number of aliphatic hydroxyl groups excluding tert-OH is 1. The van der Waals surface area contributed by atoms with Crippen LogP contribution in [0.1, 0.15) is 75.3 Å². The van der Waals surface area contributed by atoms with Gasteiger partial charge in [0.15, 0.2) is 0 Å². The number of halogens is 1. The minimum absolute atomic E-state index is 0.101. The fourth-order valence-corrected chi connectivity index (χ4v) is 8.25. The minimum atomic E-state index is -0.101. The van der Waals surface area contributed by atoms with E-state index in [-0.39, 0.29) is 11.5 Å². The zero-order valence-corrected chi connectivity index (χ0v) is 22.8.